The van der Waals surface area contributed by atoms with Crippen molar-refractivity contribution in [3.05, 3.63) is 87.9 Å². The van der Waals surface area contributed by atoms with Crippen LogP contribution in [-0.2, 0) is 4.79 Å². The molecule has 8 heteroatoms. The highest BCUT2D eigenvalue weighted by Gasteiger charge is 2.23. The van der Waals surface area contributed by atoms with E-state index >= 15 is 0 Å². The van der Waals surface area contributed by atoms with Crippen molar-refractivity contribution in [2.75, 3.05) is 43.0 Å². The summed E-state index contributed by atoms with van der Waals surface area (Å²) in [5.41, 5.74) is 2.28. The Bertz CT molecular complexity index is 1110. The highest BCUT2D eigenvalue weighted by atomic mass is 79.9. The van der Waals surface area contributed by atoms with Crippen LogP contribution < -0.4 is 15.0 Å². The number of hydrogen-bond acceptors (Lipinski definition) is 4. The van der Waals surface area contributed by atoms with Crippen molar-refractivity contribution < 1.29 is 14.3 Å². The van der Waals surface area contributed by atoms with Crippen molar-refractivity contribution in [1.29, 1.82) is 0 Å². The van der Waals surface area contributed by atoms with Crippen LogP contribution in [0, 0.1) is 0 Å². The largest absolute Gasteiger partial charge is 0.484 e. The smallest absolute Gasteiger partial charge is 0.262 e. The van der Waals surface area contributed by atoms with E-state index in [0.717, 1.165) is 15.8 Å². The first-order valence-electron chi connectivity index (χ1n) is 10.6. The second kappa shape index (κ2) is 10.7. The van der Waals surface area contributed by atoms with Gasteiger partial charge in [-0.1, -0.05) is 39.7 Å². The summed E-state index contributed by atoms with van der Waals surface area (Å²) in [5, 5.41) is 3.56. The summed E-state index contributed by atoms with van der Waals surface area (Å²) >= 11 is 9.30. The average molecular weight is 529 g/mol. The molecule has 3 aromatic carbocycles. The molecule has 6 nitrogen and oxygen atoms in total. The summed E-state index contributed by atoms with van der Waals surface area (Å²) in [7, 11) is 0. The topological polar surface area (TPSA) is 61.9 Å². The maximum absolute atomic E-state index is 12.8. The fourth-order valence-corrected chi connectivity index (χ4v) is 4.04. The normalized spacial score (nSPS) is 13.5. The van der Waals surface area contributed by atoms with Crippen LogP contribution in [-0.4, -0.2) is 49.5 Å². The Kier molecular flexibility index (Phi) is 7.52. The van der Waals surface area contributed by atoms with E-state index in [1.54, 1.807) is 36.4 Å². The number of piperazine rings is 1. The summed E-state index contributed by atoms with van der Waals surface area (Å²) in [4.78, 5) is 29.3. The quantitative estimate of drug-likeness (QED) is 0.485. The molecular weight excluding hydrogens is 506 g/mol. The summed E-state index contributed by atoms with van der Waals surface area (Å²) in [6.07, 6.45) is 0. The standard InChI is InChI=1S/C25H23BrClN3O3/c26-19-7-11-21(12-8-19)33-17-24(31)28-22-3-1-2-4-23(22)29-13-15-30(16-14-29)25(32)18-5-9-20(27)10-6-18/h1-12H,13-17H2,(H,28,31). The fourth-order valence-electron chi connectivity index (χ4n) is 3.65. The van der Waals surface area contributed by atoms with Crippen molar-refractivity contribution in [3.8, 4) is 5.75 Å². The Morgan fingerprint density at radius 3 is 2.27 bits per heavy atom. The number of nitrogens with zero attached hydrogens (tertiary/aromatic N) is 2. The number of para-hydroxylation sites is 2. The number of hydrogen-bond donors (Lipinski definition) is 1. The summed E-state index contributed by atoms with van der Waals surface area (Å²) in [6, 6.07) is 21.9. The van der Waals surface area contributed by atoms with Gasteiger partial charge >= 0.3 is 0 Å². The lowest BCUT2D eigenvalue weighted by Crippen LogP contribution is -2.49. The summed E-state index contributed by atoms with van der Waals surface area (Å²) in [6.45, 7) is 2.44. The van der Waals surface area contributed by atoms with E-state index in [4.69, 9.17) is 16.3 Å². The van der Waals surface area contributed by atoms with Gasteiger partial charge < -0.3 is 19.9 Å². The van der Waals surface area contributed by atoms with Crippen LogP contribution in [0.3, 0.4) is 0 Å². The van der Waals surface area contributed by atoms with Gasteiger partial charge in [0.1, 0.15) is 5.75 Å². The maximum Gasteiger partial charge on any atom is 0.262 e. The van der Waals surface area contributed by atoms with E-state index in [2.05, 4.69) is 26.1 Å². The molecule has 0 saturated carbocycles. The predicted molar refractivity (Wildman–Crippen MR) is 134 cm³/mol. The van der Waals surface area contributed by atoms with E-state index in [9.17, 15) is 9.59 Å². The Morgan fingerprint density at radius 1 is 0.909 bits per heavy atom. The Hall–Kier alpha value is -3.03. The minimum absolute atomic E-state index is 0.00186. The van der Waals surface area contributed by atoms with Gasteiger partial charge in [0.2, 0.25) is 0 Å². The number of amides is 2. The fraction of sp³-hybridized carbons (Fsp3) is 0.200. The van der Waals surface area contributed by atoms with E-state index in [0.29, 0.717) is 42.5 Å². The van der Waals surface area contributed by atoms with Gasteiger partial charge in [0.25, 0.3) is 11.8 Å². The molecule has 33 heavy (non-hydrogen) atoms. The van der Waals surface area contributed by atoms with Crippen molar-refractivity contribution in [3.63, 3.8) is 0 Å². The second-order valence-corrected chi connectivity index (χ2v) is 8.95. The van der Waals surface area contributed by atoms with Crippen LogP contribution in [0.4, 0.5) is 11.4 Å². The Labute approximate surface area is 206 Å². The van der Waals surface area contributed by atoms with Crippen LogP contribution in [0.25, 0.3) is 0 Å². The highest BCUT2D eigenvalue weighted by molar-refractivity contribution is 9.10. The van der Waals surface area contributed by atoms with Crippen molar-refractivity contribution in [1.82, 2.24) is 4.90 Å². The van der Waals surface area contributed by atoms with Crippen LogP contribution in [0.1, 0.15) is 10.4 Å². The monoisotopic (exact) mass is 527 g/mol. The van der Waals surface area contributed by atoms with Gasteiger partial charge in [0.05, 0.1) is 11.4 Å². The zero-order valence-corrected chi connectivity index (χ0v) is 20.2. The molecule has 0 aromatic heterocycles. The number of ether oxygens (including phenoxy) is 1. The van der Waals surface area contributed by atoms with Crippen LogP contribution >= 0.6 is 27.5 Å². The molecule has 0 unspecified atom stereocenters. The molecule has 0 aliphatic carbocycles. The van der Waals surface area contributed by atoms with Gasteiger partial charge in [0.15, 0.2) is 6.61 Å². The number of rotatable bonds is 6. The maximum atomic E-state index is 12.8. The van der Waals surface area contributed by atoms with Gasteiger partial charge in [-0.25, -0.2) is 0 Å². The lowest BCUT2D eigenvalue weighted by molar-refractivity contribution is -0.118. The van der Waals surface area contributed by atoms with Crippen LogP contribution in [0.15, 0.2) is 77.3 Å². The van der Waals surface area contributed by atoms with E-state index < -0.39 is 0 Å². The summed E-state index contributed by atoms with van der Waals surface area (Å²) in [5.74, 6) is 0.392. The van der Waals surface area contributed by atoms with Crippen molar-refractivity contribution >= 4 is 50.7 Å². The number of anilines is 2. The number of halogens is 2. The molecule has 1 N–H and O–H groups in total. The summed E-state index contributed by atoms with van der Waals surface area (Å²) < 4.78 is 6.52. The molecular formula is C25H23BrClN3O3. The zero-order chi connectivity index (χ0) is 23.2. The molecule has 0 radical (unpaired) electrons. The van der Waals surface area contributed by atoms with Gasteiger partial charge in [-0.2, -0.15) is 0 Å². The van der Waals surface area contributed by atoms with Crippen molar-refractivity contribution in [2.24, 2.45) is 0 Å². The molecule has 1 saturated heterocycles. The van der Waals surface area contributed by atoms with Gasteiger partial charge in [-0.15, -0.1) is 0 Å². The third-order valence-corrected chi connectivity index (χ3v) is 6.14. The lowest BCUT2D eigenvalue weighted by atomic mass is 10.1. The van der Waals surface area contributed by atoms with E-state index in [1.165, 1.54) is 0 Å². The minimum Gasteiger partial charge on any atom is -0.484 e. The molecule has 0 bridgehead atoms. The molecule has 0 spiro atoms. The molecule has 0 atom stereocenters. The molecule has 170 valence electrons. The van der Waals surface area contributed by atoms with Crippen LogP contribution in [0.2, 0.25) is 5.02 Å². The number of benzene rings is 3. The first kappa shape index (κ1) is 23.1. The minimum atomic E-state index is -0.234. The molecule has 1 fully saturated rings. The first-order valence-corrected chi connectivity index (χ1v) is 11.7. The molecule has 1 aliphatic rings. The molecule has 3 aromatic rings. The first-order chi connectivity index (χ1) is 16.0. The van der Waals surface area contributed by atoms with Crippen molar-refractivity contribution in [2.45, 2.75) is 0 Å². The van der Waals surface area contributed by atoms with Gasteiger partial charge in [-0.3, -0.25) is 9.59 Å². The second-order valence-electron chi connectivity index (χ2n) is 7.59. The zero-order valence-electron chi connectivity index (χ0n) is 17.8. The predicted octanol–water partition coefficient (Wildman–Crippen LogP) is 5.08. The Morgan fingerprint density at radius 2 is 1.58 bits per heavy atom. The molecule has 1 heterocycles. The van der Waals surface area contributed by atoms with Crippen LogP contribution in [0.5, 0.6) is 5.75 Å². The van der Waals surface area contributed by atoms with E-state index in [-0.39, 0.29) is 18.4 Å². The Balaban J connectivity index is 1.34. The van der Waals surface area contributed by atoms with Gasteiger partial charge in [0, 0.05) is 41.2 Å². The number of nitrogens with one attached hydrogen (secondary N) is 1. The number of carbonyl (C=O) groups is 2. The average Bonchev–Trinajstić information content (AvgIpc) is 2.84. The van der Waals surface area contributed by atoms with E-state index in [1.807, 2.05) is 41.3 Å². The third kappa shape index (κ3) is 6.06. The lowest BCUT2D eigenvalue weighted by Gasteiger charge is -2.37. The molecule has 1 aliphatic heterocycles. The molecule has 2 amide bonds. The molecule has 4 rings (SSSR count). The SMILES string of the molecule is O=C(COc1ccc(Br)cc1)Nc1ccccc1N1CCN(C(=O)c2ccc(Cl)cc2)CC1. The highest BCUT2D eigenvalue weighted by Crippen LogP contribution is 2.27. The van der Waals surface area contributed by atoms with Gasteiger partial charge in [-0.05, 0) is 60.7 Å². The number of carbonyl (C=O) groups excluding carboxylic acids is 2. The third-order valence-electron chi connectivity index (χ3n) is 5.36.